The maximum Gasteiger partial charge on any atom is 0.259 e. The number of unbranched alkanes of at least 4 members (excludes halogenated alkanes) is 1. The maximum absolute atomic E-state index is 12.7. The number of nitrogens with one attached hydrogen (secondary N) is 1. The van der Waals surface area contributed by atoms with Gasteiger partial charge in [0.1, 0.15) is 5.54 Å². The number of hydrogen-bond donors (Lipinski definition) is 1. The molecule has 1 N–H and O–H groups in total. The number of carbonyl (C=O) groups excluding carboxylic acids is 2. The third kappa shape index (κ3) is 4.63. The predicted molar refractivity (Wildman–Crippen MR) is 101 cm³/mol. The Balaban J connectivity index is 2.06. The molecule has 6 nitrogen and oxygen atoms in total. The predicted octanol–water partition coefficient (Wildman–Crippen LogP) is 2.08. The van der Waals surface area contributed by atoms with Crippen LogP contribution >= 0.6 is 0 Å². The van der Waals surface area contributed by atoms with Gasteiger partial charge in [-0.3, -0.25) is 14.3 Å². The van der Waals surface area contributed by atoms with Gasteiger partial charge < -0.3 is 4.90 Å². The van der Waals surface area contributed by atoms with Crippen molar-refractivity contribution in [2.24, 2.45) is 0 Å². The molecule has 0 saturated carbocycles. The molecule has 144 valence electrons. The van der Waals surface area contributed by atoms with Gasteiger partial charge in [0.05, 0.1) is 12.2 Å². The Kier molecular flexibility index (Phi) is 6.11. The molecule has 1 unspecified atom stereocenters. The minimum Gasteiger partial charge on any atom is -0.328 e. The molecule has 1 aromatic carbocycles. The molecule has 0 aromatic heterocycles. The molecule has 2 rings (SSSR count). The molecule has 2 amide bonds. The van der Waals surface area contributed by atoms with Crippen LogP contribution < -0.4 is 4.72 Å². The van der Waals surface area contributed by atoms with E-state index in [-0.39, 0.29) is 18.1 Å². The van der Waals surface area contributed by atoms with Gasteiger partial charge in [-0.1, -0.05) is 42.7 Å². The topological polar surface area (TPSA) is 83.6 Å². The lowest BCUT2D eigenvalue weighted by molar-refractivity contribution is -0.156. The average molecular weight is 381 g/mol. The first kappa shape index (κ1) is 20.4. The molecule has 1 aliphatic rings. The fourth-order valence-corrected chi connectivity index (χ4v) is 4.55. The second kappa shape index (κ2) is 7.78. The van der Waals surface area contributed by atoms with Crippen molar-refractivity contribution in [3.05, 3.63) is 34.9 Å². The lowest BCUT2D eigenvalue weighted by atomic mass is 9.85. The summed E-state index contributed by atoms with van der Waals surface area (Å²) in [7, 11) is -3.66. The van der Waals surface area contributed by atoms with Crippen molar-refractivity contribution in [1.82, 2.24) is 9.62 Å². The molecule has 1 saturated heterocycles. The molecule has 0 aliphatic carbocycles. The minimum atomic E-state index is -3.66. The van der Waals surface area contributed by atoms with E-state index in [1.54, 1.807) is 6.92 Å². The van der Waals surface area contributed by atoms with E-state index >= 15 is 0 Å². The van der Waals surface area contributed by atoms with E-state index in [0.29, 0.717) is 19.4 Å². The molecule has 26 heavy (non-hydrogen) atoms. The van der Waals surface area contributed by atoms with Crippen molar-refractivity contribution in [2.45, 2.75) is 58.9 Å². The Morgan fingerprint density at radius 2 is 1.81 bits per heavy atom. The first-order valence-corrected chi connectivity index (χ1v) is 10.6. The van der Waals surface area contributed by atoms with Gasteiger partial charge in [0.25, 0.3) is 5.91 Å². The SMILES string of the molecule is CCCCS(=O)(=O)NC(=O)C1(C)CCN1C(=O)Cc1cc(C)cc(C)c1. The van der Waals surface area contributed by atoms with Crippen molar-refractivity contribution < 1.29 is 18.0 Å². The Bertz CT molecular complexity index is 784. The van der Waals surface area contributed by atoms with Crippen LogP contribution in [0.15, 0.2) is 18.2 Å². The van der Waals surface area contributed by atoms with E-state index in [2.05, 4.69) is 4.72 Å². The number of sulfonamides is 1. The second-order valence-electron chi connectivity index (χ2n) is 7.35. The Morgan fingerprint density at radius 3 is 2.31 bits per heavy atom. The van der Waals surface area contributed by atoms with Gasteiger partial charge in [0.15, 0.2) is 0 Å². The molecule has 0 bridgehead atoms. The second-order valence-corrected chi connectivity index (χ2v) is 9.19. The summed E-state index contributed by atoms with van der Waals surface area (Å²) < 4.78 is 26.1. The summed E-state index contributed by atoms with van der Waals surface area (Å²) in [5.74, 6) is -0.861. The summed E-state index contributed by atoms with van der Waals surface area (Å²) in [6.45, 7) is 7.92. The van der Waals surface area contributed by atoms with Crippen LogP contribution in [0.25, 0.3) is 0 Å². The summed E-state index contributed by atoms with van der Waals surface area (Å²) in [6.07, 6.45) is 1.89. The first-order valence-electron chi connectivity index (χ1n) is 9.00. The van der Waals surface area contributed by atoms with Gasteiger partial charge in [-0.2, -0.15) is 0 Å². The monoisotopic (exact) mass is 380 g/mol. The van der Waals surface area contributed by atoms with Crippen LogP contribution in [0.4, 0.5) is 0 Å². The molecule has 1 aromatic rings. The maximum atomic E-state index is 12.7. The smallest absolute Gasteiger partial charge is 0.259 e. The van der Waals surface area contributed by atoms with E-state index in [1.807, 2.05) is 39.0 Å². The van der Waals surface area contributed by atoms with E-state index in [4.69, 9.17) is 0 Å². The summed E-state index contributed by atoms with van der Waals surface area (Å²) in [6, 6.07) is 5.95. The minimum absolute atomic E-state index is 0.0815. The zero-order valence-corrected chi connectivity index (χ0v) is 16.8. The molecular weight excluding hydrogens is 352 g/mol. The van der Waals surface area contributed by atoms with Crippen LogP contribution in [0.1, 0.15) is 49.8 Å². The fraction of sp³-hybridized carbons (Fsp3) is 0.579. The molecule has 1 aliphatic heterocycles. The third-order valence-corrected chi connectivity index (χ3v) is 6.18. The van der Waals surface area contributed by atoms with Gasteiger partial charge in [0, 0.05) is 6.54 Å². The van der Waals surface area contributed by atoms with Gasteiger partial charge >= 0.3 is 0 Å². The number of aryl methyl sites for hydroxylation is 2. The Morgan fingerprint density at radius 1 is 1.19 bits per heavy atom. The summed E-state index contributed by atoms with van der Waals surface area (Å²) in [5, 5.41) is 0. The van der Waals surface area contributed by atoms with Gasteiger partial charge in [0.2, 0.25) is 15.9 Å². The van der Waals surface area contributed by atoms with E-state index in [9.17, 15) is 18.0 Å². The number of nitrogens with zero attached hydrogens (tertiary/aromatic N) is 1. The summed E-state index contributed by atoms with van der Waals surface area (Å²) in [4.78, 5) is 26.7. The number of carbonyl (C=O) groups is 2. The number of amides is 2. The van der Waals surface area contributed by atoms with Gasteiger partial charge in [-0.15, -0.1) is 0 Å². The molecule has 0 radical (unpaired) electrons. The Labute approximate surface area is 156 Å². The van der Waals surface area contributed by atoms with Crippen LogP contribution in [-0.2, 0) is 26.0 Å². The van der Waals surface area contributed by atoms with Crippen LogP contribution in [0.2, 0.25) is 0 Å². The lowest BCUT2D eigenvalue weighted by Gasteiger charge is -2.49. The molecule has 1 fully saturated rings. The standard InChI is InChI=1S/C19H28N2O4S/c1-5-6-9-26(24,25)20-18(23)19(4)7-8-21(19)17(22)13-16-11-14(2)10-15(3)12-16/h10-12H,5-9,13H2,1-4H3,(H,20,23). The van der Waals surface area contributed by atoms with Crippen molar-refractivity contribution in [1.29, 1.82) is 0 Å². The first-order chi connectivity index (χ1) is 12.1. The van der Waals surface area contributed by atoms with Crippen LogP contribution in [0.3, 0.4) is 0 Å². The number of hydrogen-bond acceptors (Lipinski definition) is 4. The quantitative estimate of drug-likeness (QED) is 0.785. The van der Waals surface area contributed by atoms with Crippen molar-refractivity contribution in [3.8, 4) is 0 Å². The molecule has 0 spiro atoms. The molecule has 1 heterocycles. The van der Waals surface area contributed by atoms with E-state index < -0.39 is 21.5 Å². The number of likely N-dealkylation sites (tertiary alicyclic amines) is 1. The van der Waals surface area contributed by atoms with Crippen LogP contribution in [0, 0.1) is 13.8 Å². The van der Waals surface area contributed by atoms with Crippen LogP contribution in [0.5, 0.6) is 0 Å². The highest BCUT2D eigenvalue weighted by molar-refractivity contribution is 7.90. The zero-order valence-electron chi connectivity index (χ0n) is 16.0. The van der Waals surface area contributed by atoms with Crippen LogP contribution in [-0.4, -0.2) is 43.0 Å². The average Bonchev–Trinajstić information content (AvgIpc) is 2.49. The fourth-order valence-electron chi connectivity index (χ4n) is 3.27. The Hall–Kier alpha value is -1.89. The zero-order chi connectivity index (χ0) is 19.5. The molecule has 7 heteroatoms. The van der Waals surface area contributed by atoms with E-state index in [1.165, 1.54) is 4.90 Å². The highest BCUT2D eigenvalue weighted by atomic mass is 32.2. The van der Waals surface area contributed by atoms with Crippen molar-refractivity contribution in [2.75, 3.05) is 12.3 Å². The summed E-state index contributed by atoms with van der Waals surface area (Å²) >= 11 is 0. The number of benzene rings is 1. The van der Waals surface area contributed by atoms with Gasteiger partial charge in [-0.25, -0.2) is 8.42 Å². The van der Waals surface area contributed by atoms with Crippen molar-refractivity contribution in [3.63, 3.8) is 0 Å². The lowest BCUT2D eigenvalue weighted by Crippen LogP contribution is -2.68. The summed E-state index contributed by atoms with van der Waals surface area (Å²) in [5.41, 5.74) is 1.96. The number of rotatable bonds is 7. The van der Waals surface area contributed by atoms with E-state index in [0.717, 1.165) is 23.1 Å². The van der Waals surface area contributed by atoms with Crippen molar-refractivity contribution >= 4 is 21.8 Å². The largest absolute Gasteiger partial charge is 0.328 e. The molecular formula is C19H28N2O4S. The normalized spacial score (nSPS) is 19.8. The van der Waals surface area contributed by atoms with Gasteiger partial charge in [-0.05, 0) is 39.2 Å². The third-order valence-electron chi connectivity index (χ3n) is 4.86. The highest BCUT2D eigenvalue weighted by Crippen LogP contribution is 2.31. The highest BCUT2D eigenvalue weighted by Gasteiger charge is 2.50. The molecule has 1 atom stereocenters.